The smallest absolute Gasteiger partial charge is 0.261 e. The van der Waals surface area contributed by atoms with Crippen LogP contribution in [0.3, 0.4) is 0 Å². The summed E-state index contributed by atoms with van der Waals surface area (Å²) in [5.74, 6) is 0.590. The molecule has 31 heavy (non-hydrogen) atoms. The third kappa shape index (κ3) is 3.18. The fourth-order valence-electron chi connectivity index (χ4n) is 4.46. The Morgan fingerprint density at radius 3 is 2.71 bits per heavy atom. The summed E-state index contributed by atoms with van der Waals surface area (Å²) in [5.41, 5.74) is 2.74. The molecule has 6 rings (SSSR count). The van der Waals surface area contributed by atoms with Crippen LogP contribution in [0.1, 0.15) is 35.4 Å². The first kappa shape index (κ1) is 18.5. The van der Waals surface area contributed by atoms with Crippen LogP contribution in [0.2, 0.25) is 0 Å². The second kappa shape index (κ2) is 7.16. The van der Waals surface area contributed by atoms with Crippen LogP contribution in [-0.4, -0.2) is 33.5 Å². The summed E-state index contributed by atoms with van der Waals surface area (Å²) in [6, 6.07) is 10.9. The number of rotatable bonds is 3. The van der Waals surface area contributed by atoms with Gasteiger partial charge in [-0.15, -0.1) is 0 Å². The molecule has 2 aliphatic rings. The Morgan fingerprint density at radius 2 is 1.84 bits per heavy atom. The van der Waals surface area contributed by atoms with E-state index in [1.54, 1.807) is 34.1 Å². The molecular weight excluding hydrogens is 410 g/mol. The molecule has 0 atom stereocenters. The number of carbonyl (C=O) groups is 1. The highest BCUT2D eigenvalue weighted by Crippen LogP contribution is 2.32. The maximum Gasteiger partial charge on any atom is 0.261 e. The lowest BCUT2D eigenvalue weighted by Crippen LogP contribution is -2.21. The molecule has 0 radical (unpaired) electrons. The highest BCUT2D eigenvalue weighted by Gasteiger charge is 2.18. The summed E-state index contributed by atoms with van der Waals surface area (Å²) in [6.45, 7) is 2.84. The fourth-order valence-corrected chi connectivity index (χ4v) is 5.52. The van der Waals surface area contributed by atoms with E-state index in [0.717, 1.165) is 59.3 Å². The molecule has 0 bridgehead atoms. The van der Waals surface area contributed by atoms with Crippen molar-refractivity contribution in [2.75, 3.05) is 23.3 Å². The Balaban J connectivity index is 1.28. The molecule has 7 nitrogen and oxygen atoms in total. The monoisotopic (exact) mass is 431 g/mol. The van der Waals surface area contributed by atoms with E-state index in [4.69, 9.17) is 4.98 Å². The normalized spacial score (nSPS) is 15.7. The van der Waals surface area contributed by atoms with E-state index < -0.39 is 0 Å². The number of benzene rings is 2. The Bertz CT molecular complexity index is 1400. The van der Waals surface area contributed by atoms with Crippen LogP contribution in [0.5, 0.6) is 0 Å². The van der Waals surface area contributed by atoms with Gasteiger partial charge in [-0.2, -0.15) is 0 Å². The molecule has 2 aromatic carbocycles. The molecule has 2 aliphatic heterocycles. The van der Waals surface area contributed by atoms with Gasteiger partial charge in [0.25, 0.3) is 11.5 Å². The van der Waals surface area contributed by atoms with Crippen LogP contribution >= 0.6 is 11.3 Å². The van der Waals surface area contributed by atoms with Gasteiger partial charge in [-0.1, -0.05) is 11.3 Å². The fraction of sp³-hybridized carbons (Fsp3) is 0.304. The van der Waals surface area contributed by atoms with Crippen molar-refractivity contribution in [3.63, 3.8) is 0 Å². The van der Waals surface area contributed by atoms with Crippen molar-refractivity contribution in [1.82, 2.24) is 14.5 Å². The van der Waals surface area contributed by atoms with E-state index in [9.17, 15) is 9.59 Å². The third-order valence-electron chi connectivity index (χ3n) is 6.09. The molecule has 1 amide bonds. The van der Waals surface area contributed by atoms with E-state index in [1.807, 2.05) is 18.2 Å². The number of hydrogen-bond donors (Lipinski definition) is 1. The minimum atomic E-state index is -0.215. The first-order chi connectivity index (χ1) is 15.2. The van der Waals surface area contributed by atoms with Crippen molar-refractivity contribution in [3.8, 4) is 0 Å². The Labute approximate surface area is 182 Å². The first-order valence-electron chi connectivity index (χ1n) is 10.7. The number of thiazole rings is 1. The average Bonchev–Trinajstić information content (AvgIpc) is 3.53. The van der Waals surface area contributed by atoms with E-state index in [-0.39, 0.29) is 11.5 Å². The second-order valence-electron chi connectivity index (χ2n) is 8.15. The lowest BCUT2D eigenvalue weighted by atomic mass is 10.1. The number of anilines is 2. The minimum absolute atomic E-state index is 0.0195. The van der Waals surface area contributed by atoms with Gasteiger partial charge in [-0.05, 0) is 55.7 Å². The molecule has 0 spiro atoms. The van der Waals surface area contributed by atoms with Gasteiger partial charge in [0.2, 0.25) is 0 Å². The molecule has 0 aliphatic carbocycles. The van der Waals surface area contributed by atoms with Crippen molar-refractivity contribution in [3.05, 3.63) is 58.1 Å². The van der Waals surface area contributed by atoms with Crippen molar-refractivity contribution in [1.29, 1.82) is 0 Å². The molecule has 8 heteroatoms. The quantitative estimate of drug-likeness (QED) is 0.534. The topological polar surface area (TPSA) is 80.1 Å². The molecule has 0 unspecified atom stereocenters. The molecule has 2 aromatic heterocycles. The molecule has 1 N–H and O–H groups in total. The van der Waals surface area contributed by atoms with Crippen LogP contribution in [0.15, 0.2) is 41.2 Å². The summed E-state index contributed by atoms with van der Waals surface area (Å²) >= 11 is 1.66. The van der Waals surface area contributed by atoms with E-state index in [2.05, 4.69) is 15.2 Å². The minimum Gasteiger partial charge on any atom is -0.348 e. The van der Waals surface area contributed by atoms with Gasteiger partial charge in [0.05, 0.1) is 21.1 Å². The Kier molecular flexibility index (Phi) is 4.27. The van der Waals surface area contributed by atoms with Crippen molar-refractivity contribution in [2.45, 2.75) is 32.2 Å². The predicted octanol–water partition coefficient (Wildman–Crippen LogP) is 3.80. The third-order valence-corrected chi connectivity index (χ3v) is 7.17. The van der Waals surface area contributed by atoms with Gasteiger partial charge in [0, 0.05) is 37.3 Å². The van der Waals surface area contributed by atoms with E-state index >= 15 is 0 Å². The maximum atomic E-state index is 12.9. The number of aromatic nitrogens is 3. The van der Waals surface area contributed by atoms with Crippen molar-refractivity contribution < 1.29 is 4.79 Å². The van der Waals surface area contributed by atoms with Gasteiger partial charge < -0.3 is 10.2 Å². The zero-order chi connectivity index (χ0) is 20.9. The van der Waals surface area contributed by atoms with Crippen LogP contribution in [0, 0.1) is 0 Å². The van der Waals surface area contributed by atoms with Gasteiger partial charge in [-0.25, -0.2) is 9.97 Å². The number of nitrogens with one attached hydrogen (secondary N) is 1. The summed E-state index contributed by atoms with van der Waals surface area (Å²) in [7, 11) is 0. The molecular formula is C23H21N5O2S. The molecule has 1 saturated heterocycles. The van der Waals surface area contributed by atoms with E-state index in [0.29, 0.717) is 16.5 Å². The van der Waals surface area contributed by atoms with Gasteiger partial charge in [0.15, 0.2) is 5.13 Å². The Hall–Kier alpha value is -3.26. The zero-order valence-corrected chi connectivity index (χ0v) is 17.7. The standard InChI is InChI=1S/C23H21N5O2S/c29-21(14-5-7-16-18(12-14)25-20-4-3-11-28(20)22(16)30)24-15-6-8-17-19(13-15)31-23(26-17)27-9-1-2-10-27/h5-8,12-13H,1-4,9-11H2,(H,24,29). The van der Waals surface area contributed by atoms with Gasteiger partial charge >= 0.3 is 0 Å². The van der Waals surface area contributed by atoms with Crippen LogP contribution < -0.4 is 15.8 Å². The number of hydrogen-bond acceptors (Lipinski definition) is 6. The zero-order valence-electron chi connectivity index (χ0n) is 16.9. The number of aryl methyl sites for hydroxylation is 1. The Morgan fingerprint density at radius 1 is 0.968 bits per heavy atom. The van der Waals surface area contributed by atoms with Gasteiger partial charge in [-0.3, -0.25) is 14.2 Å². The van der Waals surface area contributed by atoms with Crippen LogP contribution in [0.4, 0.5) is 10.8 Å². The largest absolute Gasteiger partial charge is 0.348 e. The van der Waals surface area contributed by atoms with Crippen molar-refractivity contribution >= 4 is 49.2 Å². The molecule has 4 aromatic rings. The summed E-state index contributed by atoms with van der Waals surface area (Å²) in [6.07, 6.45) is 4.17. The summed E-state index contributed by atoms with van der Waals surface area (Å²) in [4.78, 5) is 37.2. The van der Waals surface area contributed by atoms with Gasteiger partial charge in [0.1, 0.15) is 5.82 Å². The highest BCUT2D eigenvalue weighted by atomic mass is 32.1. The van der Waals surface area contributed by atoms with Crippen molar-refractivity contribution in [2.24, 2.45) is 0 Å². The number of carbonyl (C=O) groups excluding carboxylic acids is 1. The van der Waals surface area contributed by atoms with E-state index in [1.165, 1.54) is 12.8 Å². The average molecular weight is 432 g/mol. The molecule has 156 valence electrons. The predicted molar refractivity (Wildman–Crippen MR) is 123 cm³/mol. The highest BCUT2D eigenvalue weighted by molar-refractivity contribution is 7.22. The second-order valence-corrected chi connectivity index (χ2v) is 9.16. The first-order valence-corrected chi connectivity index (χ1v) is 11.5. The molecule has 4 heterocycles. The SMILES string of the molecule is O=C(Nc1ccc2nc(N3CCCC3)sc2c1)c1ccc2c(=O)n3c(nc2c1)CCC3. The lowest BCUT2D eigenvalue weighted by Gasteiger charge is -2.11. The maximum absolute atomic E-state index is 12.9. The summed E-state index contributed by atoms with van der Waals surface area (Å²) < 4.78 is 2.80. The van der Waals surface area contributed by atoms with Crippen LogP contribution in [0.25, 0.3) is 21.1 Å². The molecule has 0 saturated carbocycles. The lowest BCUT2D eigenvalue weighted by molar-refractivity contribution is 0.102. The number of nitrogens with zero attached hydrogens (tertiary/aromatic N) is 4. The van der Waals surface area contributed by atoms with Crippen LogP contribution in [-0.2, 0) is 13.0 Å². The number of fused-ring (bicyclic) bond motifs is 3. The molecule has 1 fully saturated rings. The summed E-state index contributed by atoms with van der Waals surface area (Å²) in [5, 5.41) is 4.59. The number of amides is 1.